The topological polar surface area (TPSA) is 0 Å². The second-order valence-corrected chi connectivity index (χ2v) is 15.9. The SMILES string of the molecule is c1ccc(-c2ccccc2-c2c3ccccc3c(-c3ccc4c(-c5ccc6ccccc6c5)c5ccccc5c(-c5ccc6ccccc6c5)c4c3)c3ccccc23)cc1. The molecule has 278 valence electrons. The van der Waals surface area contributed by atoms with Gasteiger partial charge in [-0.25, -0.2) is 0 Å². The van der Waals surface area contributed by atoms with Gasteiger partial charge in [-0.05, 0) is 138 Å². The third-order valence-electron chi connectivity index (χ3n) is 12.6. The van der Waals surface area contributed by atoms with Crippen molar-refractivity contribution in [1.82, 2.24) is 0 Å². The highest BCUT2D eigenvalue weighted by Gasteiger charge is 2.22. The summed E-state index contributed by atoms with van der Waals surface area (Å²) in [7, 11) is 0. The van der Waals surface area contributed by atoms with Crippen molar-refractivity contribution in [2.75, 3.05) is 0 Å². The van der Waals surface area contributed by atoms with E-state index in [2.05, 4.69) is 231 Å². The van der Waals surface area contributed by atoms with Crippen molar-refractivity contribution in [3.63, 3.8) is 0 Å². The van der Waals surface area contributed by atoms with Gasteiger partial charge in [-0.3, -0.25) is 0 Å². The maximum Gasteiger partial charge on any atom is -0.00201 e. The summed E-state index contributed by atoms with van der Waals surface area (Å²) in [6.07, 6.45) is 0. The molecular formula is C60H38. The molecule has 0 aliphatic rings. The van der Waals surface area contributed by atoms with Crippen molar-refractivity contribution in [3.05, 3.63) is 231 Å². The molecule has 60 heavy (non-hydrogen) atoms. The van der Waals surface area contributed by atoms with Gasteiger partial charge >= 0.3 is 0 Å². The standard InChI is InChI=1S/C60H38/c1-2-18-41(19-3-1)47-22-8-9-23-48(47)60-53-28-14-12-26-51(53)58(52-27-13-15-29-54(52)60)46-34-35-55-56(38-46)59(45-33-31-40-17-5-7-21-43(40)37-45)50-25-11-10-24-49(50)57(55)44-32-30-39-16-4-6-20-42(39)36-44/h1-38H. The van der Waals surface area contributed by atoms with Crippen molar-refractivity contribution >= 4 is 64.6 Å². The van der Waals surface area contributed by atoms with Crippen LogP contribution in [-0.2, 0) is 0 Å². The summed E-state index contributed by atoms with van der Waals surface area (Å²) in [5, 5.41) is 15.0. The molecule has 0 unspecified atom stereocenters. The van der Waals surface area contributed by atoms with Crippen LogP contribution in [0.1, 0.15) is 0 Å². The molecule has 0 heteroatoms. The van der Waals surface area contributed by atoms with Crippen molar-refractivity contribution in [3.8, 4) is 55.6 Å². The molecule has 0 atom stereocenters. The normalized spacial score (nSPS) is 11.7. The van der Waals surface area contributed by atoms with Gasteiger partial charge in [0.25, 0.3) is 0 Å². The van der Waals surface area contributed by atoms with E-state index < -0.39 is 0 Å². The lowest BCUT2D eigenvalue weighted by molar-refractivity contribution is 1.61. The first-order valence-corrected chi connectivity index (χ1v) is 20.8. The molecule has 0 spiro atoms. The zero-order valence-electron chi connectivity index (χ0n) is 32.9. The molecule has 0 bridgehead atoms. The van der Waals surface area contributed by atoms with E-state index in [1.165, 1.54) is 120 Å². The van der Waals surface area contributed by atoms with Gasteiger partial charge in [-0.2, -0.15) is 0 Å². The fourth-order valence-corrected chi connectivity index (χ4v) is 9.95. The monoisotopic (exact) mass is 758 g/mol. The molecule has 0 nitrogen and oxygen atoms in total. The zero-order chi connectivity index (χ0) is 39.6. The molecule has 0 heterocycles. The number of rotatable bonds is 5. The zero-order valence-corrected chi connectivity index (χ0v) is 32.9. The van der Waals surface area contributed by atoms with Crippen LogP contribution in [0.15, 0.2) is 231 Å². The Kier molecular flexibility index (Phi) is 7.96. The molecule has 0 aromatic heterocycles. The highest BCUT2D eigenvalue weighted by Crippen LogP contribution is 2.49. The van der Waals surface area contributed by atoms with Gasteiger partial charge < -0.3 is 0 Å². The minimum Gasteiger partial charge on any atom is -0.0622 e. The number of fused-ring (bicyclic) bond motifs is 6. The van der Waals surface area contributed by atoms with E-state index in [0.29, 0.717) is 0 Å². The van der Waals surface area contributed by atoms with Gasteiger partial charge in [0, 0.05) is 0 Å². The van der Waals surface area contributed by atoms with Crippen LogP contribution in [0, 0.1) is 0 Å². The van der Waals surface area contributed by atoms with E-state index in [9.17, 15) is 0 Å². The molecule has 0 saturated heterocycles. The second-order valence-electron chi connectivity index (χ2n) is 15.9. The van der Waals surface area contributed by atoms with Crippen LogP contribution in [0.25, 0.3) is 120 Å². The van der Waals surface area contributed by atoms with Gasteiger partial charge in [-0.15, -0.1) is 0 Å². The van der Waals surface area contributed by atoms with E-state index >= 15 is 0 Å². The first-order chi connectivity index (χ1) is 29.8. The van der Waals surface area contributed by atoms with E-state index in [-0.39, 0.29) is 0 Å². The maximum absolute atomic E-state index is 2.49. The van der Waals surface area contributed by atoms with Gasteiger partial charge in [0.15, 0.2) is 0 Å². The summed E-state index contributed by atoms with van der Waals surface area (Å²) in [6.45, 7) is 0. The predicted octanol–water partition coefficient (Wildman–Crippen LogP) is 16.9. The molecule has 0 amide bonds. The Hall–Kier alpha value is -7.80. The molecule has 0 aliphatic heterocycles. The highest BCUT2D eigenvalue weighted by atomic mass is 14.2. The Labute approximate surface area is 349 Å². The van der Waals surface area contributed by atoms with E-state index in [4.69, 9.17) is 0 Å². The molecule has 0 radical (unpaired) electrons. The summed E-state index contributed by atoms with van der Waals surface area (Å²) in [6, 6.07) is 85.3. The van der Waals surface area contributed by atoms with E-state index in [0.717, 1.165) is 0 Å². The number of hydrogen-bond donors (Lipinski definition) is 0. The van der Waals surface area contributed by atoms with Gasteiger partial charge in [-0.1, -0.05) is 212 Å². The minimum atomic E-state index is 1.21. The molecule has 0 aliphatic carbocycles. The quantitative estimate of drug-likeness (QED) is 0.153. The average molecular weight is 759 g/mol. The van der Waals surface area contributed by atoms with Crippen LogP contribution in [0.5, 0.6) is 0 Å². The van der Waals surface area contributed by atoms with E-state index in [1.54, 1.807) is 0 Å². The third-order valence-corrected chi connectivity index (χ3v) is 12.6. The first-order valence-electron chi connectivity index (χ1n) is 20.8. The molecule has 0 saturated carbocycles. The van der Waals surface area contributed by atoms with Crippen LogP contribution in [0.2, 0.25) is 0 Å². The minimum absolute atomic E-state index is 1.21. The molecule has 12 aromatic carbocycles. The lowest BCUT2D eigenvalue weighted by Gasteiger charge is -2.21. The summed E-state index contributed by atoms with van der Waals surface area (Å²) in [5.74, 6) is 0. The molecule has 0 N–H and O–H groups in total. The fraction of sp³-hybridized carbons (Fsp3) is 0. The lowest BCUT2D eigenvalue weighted by atomic mass is 9.81. The van der Waals surface area contributed by atoms with E-state index in [1.807, 2.05) is 0 Å². The third kappa shape index (κ3) is 5.46. The summed E-state index contributed by atoms with van der Waals surface area (Å²) in [5.41, 5.74) is 12.4. The van der Waals surface area contributed by atoms with Crippen molar-refractivity contribution < 1.29 is 0 Å². The van der Waals surface area contributed by atoms with Crippen molar-refractivity contribution in [2.45, 2.75) is 0 Å². The largest absolute Gasteiger partial charge is 0.0622 e. The number of hydrogen-bond acceptors (Lipinski definition) is 0. The van der Waals surface area contributed by atoms with Gasteiger partial charge in [0.2, 0.25) is 0 Å². The van der Waals surface area contributed by atoms with Crippen LogP contribution in [0.4, 0.5) is 0 Å². The van der Waals surface area contributed by atoms with Gasteiger partial charge in [0.1, 0.15) is 0 Å². The lowest BCUT2D eigenvalue weighted by Crippen LogP contribution is -1.94. The predicted molar refractivity (Wildman–Crippen MR) is 259 cm³/mol. The molecular weight excluding hydrogens is 721 g/mol. The van der Waals surface area contributed by atoms with Crippen LogP contribution >= 0.6 is 0 Å². The highest BCUT2D eigenvalue weighted by molar-refractivity contribution is 6.26. The Morgan fingerprint density at radius 2 is 0.517 bits per heavy atom. The average Bonchev–Trinajstić information content (AvgIpc) is 3.32. The molecule has 12 aromatic rings. The second kappa shape index (κ2) is 13.9. The summed E-state index contributed by atoms with van der Waals surface area (Å²) >= 11 is 0. The molecule has 0 fully saturated rings. The smallest absolute Gasteiger partial charge is 0.00201 e. The maximum atomic E-state index is 2.49. The Morgan fingerprint density at radius 1 is 0.167 bits per heavy atom. The number of benzene rings is 12. The van der Waals surface area contributed by atoms with Crippen LogP contribution in [0.3, 0.4) is 0 Å². The summed E-state index contributed by atoms with van der Waals surface area (Å²) in [4.78, 5) is 0. The Bertz CT molecular complexity index is 3590. The first kappa shape index (κ1) is 34.3. The van der Waals surface area contributed by atoms with Crippen molar-refractivity contribution in [1.29, 1.82) is 0 Å². The van der Waals surface area contributed by atoms with Crippen molar-refractivity contribution in [2.24, 2.45) is 0 Å². The Balaban J connectivity index is 1.19. The summed E-state index contributed by atoms with van der Waals surface area (Å²) < 4.78 is 0. The van der Waals surface area contributed by atoms with Gasteiger partial charge in [0.05, 0.1) is 0 Å². The molecule has 12 rings (SSSR count). The fourth-order valence-electron chi connectivity index (χ4n) is 9.95. The Morgan fingerprint density at radius 3 is 1.03 bits per heavy atom. The van der Waals surface area contributed by atoms with Crippen LogP contribution in [-0.4, -0.2) is 0 Å². The van der Waals surface area contributed by atoms with Crippen LogP contribution < -0.4 is 0 Å².